The van der Waals surface area contributed by atoms with Gasteiger partial charge in [-0.25, -0.2) is 25.3 Å². The molecule has 0 spiro atoms. The molecule has 0 amide bonds. The second kappa shape index (κ2) is 36.7. The van der Waals surface area contributed by atoms with Crippen LogP contribution in [-0.2, 0) is 46.8 Å². The van der Waals surface area contributed by atoms with Crippen LogP contribution in [-0.4, -0.2) is 88.5 Å². The maximum atomic E-state index is 13.0. The summed E-state index contributed by atoms with van der Waals surface area (Å²) in [6.07, 6.45) is 3.99. The number of ether oxygens (including phenoxy) is 3. The molecule has 15 rings (SSSR count). The third kappa shape index (κ3) is 19.3. The zero-order chi connectivity index (χ0) is 79.8. The van der Waals surface area contributed by atoms with E-state index in [-0.39, 0.29) is 65.9 Å². The van der Waals surface area contributed by atoms with Crippen LogP contribution in [0.3, 0.4) is 0 Å². The minimum Gasteiger partial charge on any atom is -0.537 e. The molecule has 6 aromatic heterocycles. The number of benzene rings is 9. The molecular weight excluding hydrogens is 1640 g/mol. The first kappa shape index (κ1) is 85.2. The minimum atomic E-state index is -3.66. The van der Waals surface area contributed by atoms with Crippen molar-refractivity contribution in [1.29, 1.82) is 0 Å². The lowest BCUT2D eigenvalue weighted by Gasteiger charge is -2.16. The van der Waals surface area contributed by atoms with E-state index in [0.29, 0.717) is 108 Å². The van der Waals surface area contributed by atoms with Crippen LogP contribution < -0.4 is 35.5 Å². The summed E-state index contributed by atoms with van der Waals surface area (Å²) in [5.41, 5.74) is 11.7. The van der Waals surface area contributed by atoms with Gasteiger partial charge >= 0.3 is 7.69 Å². The first-order valence-corrected chi connectivity index (χ1v) is 40.4. The van der Waals surface area contributed by atoms with Gasteiger partial charge in [-0.15, -0.1) is 0 Å². The smallest absolute Gasteiger partial charge is 0.537 e. The number of nitrogens with zero attached hydrogens (tertiary/aromatic N) is 6. The average Bonchev–Trinajstić information content (AvgIpc) is 0.811. The Balaban J connectivity index is 0.000000169. The molecule has 9 aromatic carbocycles. The normalized spacial score (nSPS) is 11.2. The third-order valence-corrected chi connectivity index (χ3v) is 24.3. The lowest BCUT2D eigenvalue weighted by atomic mass is 10.00. The Morgan fingerprint density at radius 3 is 1.10 bits per heavy atom. The summed E-state index contributed by atoms with van der Waals surface area (Å²) in [4.78, 5) is 39.0. The monoisotopic (exact) mass is 1710 g/mol. The molecule has 15 aromatic rings. The topological polar surface area (TPSA) is 304 Å². The third-order valence-electron chi connectivity index (χ3n) is 18.0. The van der Waals surface area contributed by atoms with Gasteiger partial charge in [-0.05, 0) is 218 Å². The van der Waals surface area contributed by atoms with E-state index in [1.165, 1.54) is 105 Å². The molecule has 0 aliphatic carbocycles. The number of rotatable bonds is 19. The summed E-state index contributed by atoms with van der Waals surface area (Å²) in [6.45, 7) is 7.95. The number of aryl methyl sites for hydroxylation is 4. The van der Waals surface area contributed by atoms with Crippen molar-refractivity contribution in [2.75, 3.05) is 21.3 Å². The largest absolute Gasteiger partial charge is 0.569 e. The molecule has 585 valence electrons. The predicted octanol–water partition coefficient (Wildman–Crippen LogP) is 16.8. The van der Waals surface area contributed by atoms with Gasteiger partial charge < -0.3 is 37.5 Å². The van der Waals surface area contributed by atoms with Crippen molar-refractivity contribution in [2.45, 2.75) is 67.1 Å². The van der Waals surface area contributed by atoms with Gasteiger partial charge in [-0.3, -0.25) is 28.1 Å². The van der Waals surface area contributed by atoms with Gasteiger partial charge in [0.25, 0.3) is 16.7 Å². The predicted molar refractivity (Wildman–Crippen MR) is 451 cm³/mol. The second-order valence-corrected chi connectivity index (χ2v) is 33.1. The van der Waals surface area contributed by atoms with Gasteiger partial charge in [0.05, 0.1) is 86.7 Å². The Kier molecular flexibility index (Phi) is 27.5. The Hall–Kier alpha value is -11.2. The van der Waals surface area contributed by atoms with Crippen molar-refractivity contribution in [3.63, 3.8) is 0 Å². The first-order valence-electron chi connectivity index (χ1n) is 33.9. The maximum absolute atomic E-state index is 13.0. The highest BCUT2D eigenvalue weighted by Crippen LogP contribution is 2.37. The fourth-order valence-corrected chi connectivity index (χ4v) is 16.6. The first-order chi connectivity index (χ1) is 53.6. The molecule has 6 heterocycles. The van der Waals surface area contributed by atoms with Gasteiger partial charge in [0, 0.05) is 67.1 Å². The maximum Gasteiger partial charge on any atom is 0.569 e. The number of halogens is 3. The molecule has 23 nitrogen and oxygen atoms in total. The van der Waals surface area contributed by atoms with E-state index in [4.69, 9.17) is 60.7 Å². The Labute approximate surface area is 678 Å². The zero-order valence-corrected chi connectivity index (χ0v) is 68.4. The molecule has 0 saturated heterocycles. The van der Waals surface area contributed by atoms with Crippen LogP contribution in [0.2, 0.25) is 10.0 Å². The van der Waals surface area contributed by atoms with E-state index in [1.54, 1.807) is 105 Å². The number of aromatic nitrogens is 6. The molecule has 1 N–H and O–H groups in total. The van der Waals surface area contributed by atoms with E-state index in [1.807, 2.05) is 68.4 Å². The van der Waals surface area contributed by atoms with E-state index >= 15 is 0 Å². The fraction of sp³-hybridized carbons (Fsp3) is 0.133. The molecule has 31 heteroatoms. The Bertz CT molecular complexity index is 6330. The van der Waals surface area contributed by atoms with Gasteiger partial charge in [0.2, 0.25) is 0 Å². The van der Waals surface area contributed by atoms with Crippen molar-refractivity contribution < 1.29 is 62.7 Å². The number of pyridine rings is 3. The molecule has 114 heavy (non-hydrogen) atoms. The molecule has 0 aliphatic heterocycles. The van der Waals surface area contributed by atoms with Gasteiger partial charge in [-0.1, -0.05) is 98.4 Å². The van der Waals surface area contributed by atoms with Crippen LogP contribution in [0.25, 0.3) is 72.0 Å². The highest BCUT2D eigenvalue weighted by atomic mass is 79.9. The summed E-state index contributed by atoms with van der Waals surface area (Å²) in [7, 11) is -5.67. The van der Waals surface area contributed by atoms with Crippen LogP contribution in [0, 0.1) is 27.7 Å². The lowest BCUT2D eigenvalue weighted by molar-refractivity contribution is 0.412. The summed E-state index contributed by atoms with van der Waals surface area (Å²) < 4.78 is 118. The van der Waals surface area contributed by atoms with Crippen molar-refractivity contribution >= 4 is 119 Å². The standard InChI is InChI=1S/C28H24N2O5S.C27H21ClN2O5S.C20H15BrN2O5S.C7H7BClO2.CH4.H3P/c1-18-4-5-20(14-19(18)2)21-6-9-26(27(16-21)34-3)30-25-10-8-24(15-22(25)7-11-28(30)31)36(32,33)17-23-12-13-35-29-23;1-17-13-18(3-7-23(17)28)19-4-8-25(26(15-19)34-2)30-24-9-6-22(14-20(24)5-10-27(30)31)36(32,33)16-21-11-12-35-29-21;1-27-19-11-14(21)3-5-18(19)23-17-6-4-16(10-13(17)2-7-20(23)24)29(25,26)12-15-8-9-28-22-15;1-5-4-6(11-8-10)2-3-7(5)9;;/h4-16H,17H2,1-3H3;3-15H,16H2,1-2H3;2-11H,12H2,1H3;2-4,10H,1H3;1H4;1H3. The molecule has 0 fully saturated rings. The lowest BCUT2D eigenvalue weighted by Crippen LogP contribution is -2.18. The summed E-state index contributed by atoms with van der Waals surface area (Å²) >= 11 is 15.3. The van der Waals surface area contributed by atoms with Gasteiger partial charge in [-0.2, -0.15) is 9.90 Å². The van der Waals surface area contributed by atoms with Crippen molar-refractivity contribution in [2.24, 2.45) is 0 Å². The summed E-state index contributed by atoms with van der Waals surface area (Å²) in [5.74, 6) is 1.29. The highest BCUT2D eigenvalue weighted by Gasteiger charge is 2.24. The van der Waals surface area contributed by atoms with Crippen LogP contribution in [0.5, 0.6) is 23.0 Å². The number of methoxy groups -OCH3 is 3. The van der Waals surface area contributed by atoms with Gasteiger partial charge in [0.1, 0.15) is 59.0 Å². The second-order valence-electron chi connectivity index (χ2n) is 25.4. The van der Waals surface area contributed by atoms with Crippen molar-refractivity contribution in [3.05, 3.63) is 322 Å². The molecule has 0 bridgehead atoms. The highest BCUT2D eigenvalue weighted by molar-refractivity contribution is 9.10. The van der Waals surface area contributed by atoms with Crippen LogP contribution in [0.1, 0.15) is 46.8 Å². The number of hydrogen-bond acceptors (Lipinski definition) is 20. The van der Waals surface area contributed by atoms with E-state index in [2.05, 4.69) is 63.4 Å². The van der Waals surface area contributed by atoms with E-state index in [0.717, 1.165) is 37.9 Å². The summed E-state index contributed by atoms with van der Waals surface area (Å²) in [6, 6.07) is 61.4. The van der Waals surface area contributed by atoms with E-state index in [9.17, 15) is 39.6 Å². The molecule has 1 atom stereocenters. The minimum absolute atomic E-state index is 0. The van der Waals surface area contributed by atoms with Crippen molar-refractivity contribution in [3.8, 4) is 62.3 Å². The quantitative estimate of drug-likeness (QED) is 0.0581. The van der Waals surface area contributed by atoms with Crippen LogP contribution >= 0.6 is 49.0 Å². The molecule has 1 unspecified atom stereocenters. The fourth-order valence-electron chi connectivity index (χ4n) is 12.2. The van der Waals surface area contributed by atoms with Gasteiger partial charge in [0.15, 0.2) is 29.5 Å². The Morgan fingerprint density at radius 1 is 0.404 bits per heavy atom. The number of sulfone groups is 3. The van der Waals surface area contributed by atoms with E-state index < -0.39 is 29.5 Å². The van der Waals surface area contributed by atoms with Crippen LogP contribution in [0.15, 0.2) is 284 Å². The number of hydrogen-bond donors (Lipinski definition) is 1. The number of fused-ring (bicyclic) bond motifs is 3. The zero-order valence-electron chi connectivity index (χ0n) is 61.4. The summed E-state index contributed by atoms with van der Waals surface area (Å²) in [5, 5.41) is 22.5. The molecule has 0 saturated carbocycles. The van der Waals surface area contributed by atoms with Crippen molar-refractivity contribution in [1.82, 2.24) is 29.2 Å². The Morgan fingerprint density at radius 2 is 0.746 bits per heavy atom. The van der Waals surface area contributed by atoms with Crippen LogP contribution in [0.4, 0.5) is 0 Å². The molecule has 1 radical (unpaired) electrons. The molecular formula is C83H74BBrCl2N6O17PS3. The molecule has 0 aliphatic rings. The average molecular weight is 1720 g/mol. The SMILES string of the molecule is C.COc1cc(-c2ccc(C)c(C)c2)ccc1-n1c(=O)ccc2cc(S(=O)(=O)Cc3ccon3)ccc21.COc1cc(-c2ccc(Cl)c(C)c2)ccc1-n1c(=O)ccc2cc(S(=O)(=O)Cc3ccon3)ccc21.COc1cc(Br)ccc1-n1c(=O)ccc2cc(S(=O)(=O)Cc3ccon3)ccc21.Cc1cc(O[B]O)ccc1Cl.P.